The van der Waals surface area contributed by atoms with Crippen molar-refractivity contribution in [2.24, 2.45) is 0 Å². The number of hydrogen-bond donors (Lipinski definition) is 2. The number of esters is 1. The molecule has 1 aromatic carbocycles. The highest BCUT2D eigenvalue weighted by molar-refractivity contribution is 7.80. The SMILES string of the molecule is COC(=O)c1cc(CNC(=S)NCCCN2CCOCC2)ccc1OC. The van der Waals surface area contributed by atoms with Crippen LogP contribution in [0.25, 0.3) is 0 Å². The van der Waals surface area contributed by atoms with Crippen LogP contribution >= 0.6 is 12.2 Å². The highest BCUT2D eigenvalue weighted by atomic mass is 32.1. The lowest BCUT2D eigenvalue weighted by atomic mass is 10.1. The number of hydrogen-bond acceptors (Lipinski definition) is 6. The molecule has 26 heavy (non-hydrogen) atoms. The van der Waals surface area contributed by atoms with Crippen LogP contribution in [0, 0.1) is 0 Å². The monoisotopic (exact) mass is 381 g/mol. The summed E-state index contributed by atoms with van der Waals surface area (Å²) < 4.78 is 15.3. The number of methoxy groups -OCH3 is 2. The molecule has 0 aliphatic carbocycles. The van der Waals surface area contributed by atoms with Crippen LogP contribution in [0.15, 0.2) is 18.2 Å². The van der Waals surface area contributed by atoms with E-state index in [9.17, 15) is 4.79 Å². The van der Waals surface area contributed by atoms with Gasteiger partial charge in [-0.2, -0.15) is 0 Å². The van der Waals surface area contributed by atoms with Crippen molar-refractivity contribution in [3.63, 3.8) is 0 Å². The summed E-state index contributed by atoms with van der Waals surface area (Å²) in [6.45, 7) is 6.03. The molecular formula is C18H27N3O4S. The number of ether oxygens (including phenoxy) is 3. The second-order valence-corrected chi connectivity index (χ2v) is 6.35. The topological polar surface area (TPSA) is 72.1 Å². The van der Waals surface area contributed by atoms with E-state index in [0.717, 1.165) is 51.4 Å². The predicted molar refractivity (Wildman–Crippen MR) is 104 cm³/mol. The largest absolute Gasteiger partial charge is 0.496 e. The molecule has 2 rings (SSSR count). The Morgan fingerprint density at radius 3 is 2.73 bits per heavy atom. The number of nitrogens with one attached hydrogen (secondary N) is 2. The Morgan fingerprint density at radius 2 is 2.04 bits per heavy atom. The Hall–Kier alpha value is -1.90. The van der Waals surface area contributed by atoms with E-state index in [-0.39, 0.29) is 0 Å². The van der Waals surface area contributed by atoms with Gasteiger partial charge in [0, 0.05) is 26.2 Å². The lowest BCUT2D eigenvalue weighted by Gasteiger charge is -2.26. The van der Waals surface area contributed by atoms with Crippen molar-refractivity contribution in [2.45, 2.75) is 13.0 Å². The van der Waals surface area contributed by atoms with Gasteiger partial charge in [0.15, 0.2) is 5.11 Å². The molecule has 1 fully saturated rings. The van der Waals surface area contributed by atoms with Gasteiger partial charge in [-0.05, 0) is 42.9 Å². The van der Waals surface area contributed by atoms with Gasteiger partial charge in [-0.25, -0.2) is 4.79 Å². The number of carbonyl (C=O) groups excluding carboxylic acids is 1. The van der Waals surface area contributed by atoms with Gasteiger partial charge < -0.3 is 24.8 Å². The van der Waals surface area contributed by atoms with Gasteiger partial charge in [0.2, 0.25) is 0 Å². The zero-order valence-electron chi connectivity index (χ0n) is 15.4. The lowest BCUT2D eigenvalue weighted by molar-refractivity contribution is 0.0376. The summed E-state index contributed by atoms with van der Waals surface area (Å²) in [5.41, 5.74) is 1.32. The van der Waals surface area contributed by atoms with Crippen LogP contribution in [-0.4, -0.2) is 69.6 Å². The highest BCUT2D eigenvalue weighted by Crippen LogP contribution is 2.20. The van der Waals surface area contributed by atoms with Crippen LogP contribution in [0.3, 0.4) is 0 Å². The Labute approximate surface area is 160 Å². The average Bonchev–Trinajstić information content (AvgIpc) is 2.69. The molecule has 1 aliphatic heterocycles. The normalized spacial score (nSPS) is 14.5. The first-order valence-electron chi connectivity index (χ1n) is 8.71. The third kappa shape index (κ3) is 6.44. The third-order valence-corrected chi connectivity index (χ3v) is 4.45. The van der Waals surface area contributed by atoms with Gasteiger partial charge in [0.25, 0.3) is 0 Å². The molecule has 7 nitrogen and oxygen atoms in total. The zero-order chi connectivity index (χ0) is 18.8. The number of carbonyl (C=O) groups is 1. The van der Waals surface area contributed by atoms with Crippen molar-refractivity contribution < 1.29 is 19.0 Å². The molecule has 0 aromatic heterocycles. The third-order valence-electron chi connectivity index (χ3n) is 4.16. The number of rotatable bonds is 8. The molecule has 0 spiro atoms. The molecular weight excluding hydrogens is 354 g/mol. The molecule has 0 atom stereocenters. The van der Waals surface area contributed by atoms with Gasteiger partial charge in [-0.15, -0.1) is 0 Å². The summed E-state index contributed by atoms with van der Waals surface area (Å²) in [6.07, 6.45) is 1.02. The minimum Gasteiger partial charge on any atom is -0.496 e. The van der Waals surface area contributed by atoms with Crippen molar-refractivity contribution in [3.8, 4) is 5.75 Å². The van der Waals surface area contributed by atoms with Crippen LogP contribution in [0.4, 0.5) is 0 Å². The molecule has 1 saturated heterocycles. The maximum atomic E-state index is 11.8. The van der Waals surface area contributed by atoms with Crippen LogP contribution in [0.5, 0.6) is 5.75 Å². The van der Waals surface area contributed by atoms with Gasteiger partial charge in [-0.1, -0.05) is 6.07 Å². The molecule has 0 radical (unpaired) electrons. The van der Waals surface area contributed by atoms with E-state index in [1.165, 1.54) is 14.2 Å². The number of thiocarbonyl (C=S) groups is 1. The van der Waals surface area contributed by atoms with Gasteiger partial charge >= 0.3 is 5.97 Å². The molecule has 0 bridgehead atoms. The fourth-order valence-corrected chi connectivity index (χ4v) is 2.88. The summed E-state index contributed by atoms with van der Waals surface area (Å²) in [5.74, 6) is 0.0666. The second kappa shape index (κ2) is 10.9. The van der Waals surface area contributed by atoms with Crippen LogP contribution in [0.1, 0.15) is 22.3 Å². The molecule has 2 N–H and O–H groups in total. The summed E-state index contributed by atoms with van der Waals surface area (Å²) >= 11 is 5.31. The molecule has 144 valence electrons. The Kier molecular flexibility index (Phi) is 8.60. The second-order valence-electron chi connectivity index (χ2n) is 5.94. The minimum atomic E-state index is -0.424. The molecule has 0 amide bonds. The Balaban J connectivity index is 1.72. The molecule has 8 heteroatoms. The average molecular weight is 381 g/mol. The minimum absolute atomic E-state index is 0.402. The fraction of sp³-hybridized carbons (Fsp3) is 0.556. The fourth-order valence-electron chi connectivity index (χ4n) is 2.71. The van der Waals surface area contributed by atoms with Crippen molar-refractivity contribution >= 4 is 23.3 Å². The lowest BCUT2D eigenvalue weighted by Crippen LogP contribution is -2.39. The first kappa shape index (κ1) is 20.4. The standard InChI is InChI=1S/C18H27N3O4S/c1-23-16-5-4-14(12-15(16)17(22)24-2)13-20-18(26)19-6-3-7-21-8-10-25-11-9-21/h4-5,12H,3,6-11,13H2,1-2H3,(H2,19,20,26). The smallest absolute Gasteiger partial charge is 0.341 e. The van der Waals surface area contributed by atoms with E-state index in [1.54, 1.807) is 12.1 Å². The summed E-state index contributed by atoms with van der Waals surface area (Å²) in [6, 6.07) is 5.39. The summed E-state index contributed by atoms with van der Waals surface area (Å²) in [4.78, 5) is 14.2. The van der Waals surface area contributed by atoms with E-state index in [0.29, 0.717) is 23.0 Å². The van der Waals surface area contributed by atoms with Crippen molar-refractivity contribution in [1.82, 2.24) is 15.5 Å². The Morgan fingerprint density at radius 1 is 1.27 bits per heavy atom. The number of benzene rings is 1. The number of morpholine rings is 1. The maximum absolute atomic E-state index is 11.8. The quantitative estimate of drug-likeness (QED) is 0.395. The van der Waals surface area contributed by atoms with Gasteiger partial charge in [0.1, 0.15) is 11.3 Å². The molecule has 1 heterocycles. The van der Waals surface area contributed by atoms with E-state index < -0.39 is 5.97 Å². The highest BCUT2D eigenvalue weighted by Gasteiger charge is 2.13. The van der Waals surface area contributed by atoms with E-state index in [4.69, 9.17) is 26.4 Å². The van der Waals surface area contributed by atoms with Crippen LogP contribution < -0.4 is 15.4 Å². The molecule has 1 aliphatic rings. The predicted octanol–water partition coefficient (Wildman–Crippen LogP) is 1.17. The molecule has 0 saturated carbocycles. The molecule has 0 unspecified atom stereocenters. The van der Waals surface area contributed by atoms with E-state index in [2.05, 4.69) is 15.5 Å². The van der Waals surface area contributed by atoms with E-state index in [1.807, 2.05) is 6.07 Å². The van der Waals surface area contributed by atoms with Gasteiger partial charge in [0.05, 0.1) is 27.4 Å². The summed E-state index contributed by atoms with van der Waals surface area (Å²) in [7, 11) is 2.87. The number of nitrogens with zero attached hydrogens (tertiary/aromatic N) is 1. The maximum Gasteiger partial charge on any atom is 0.341 e. The molecule has 1 aromatic rings. The Bertz CT molecular complexity index is 606. The van der Waals surface area contributed by atoms with Crippen molar-refractivity contribution in [1.29, 1.82) is 0 Å². The van der Waals surface area contributed by atoms with Crippen LogP contribution in [0.2, 0.25) is 0 Å². The van der Waals surface area contributed by atoms with Crippen molar-refractivity contribution in [3.05, 3.63) is 29.3 Å². The summed E-state index contributed by atoms with van der Waals surface area (Å²) in [5, 5.41) is 6.96. The van der Waals surface area contributed by atoms with Gasteiger partial charge in [-0.3, -0.25) is 4.90 Å². The zero-order valence-corrected chi connectivity index (χ0v) is 16.2. The van der Waals surface area contributed by atoms with Crippen LogP contribution in [-0.2, 0) is 16.0 Å². The van der Waals surface area contributed by atoms with Crippen molar-refractivity contribution in [2.75, 3.05) is 53.6 Å². The first-order chi connectivity index (χ1) is 12.6. The van der Waals surface area contributed by atoms with E-state index >= 15 is 0 Å². The first-order valence-corrected chi connectivity index (χ1v) is 9.12.